The van der Waals surface area contributed by atoms with Gasteiger partial charge in [-0.25, -0.2) is 17.8 Å². The molecule has 0 aliphatic rings. The Morgan fingerprint density at radius 2 is 1.82 bits per heavy atom. The molecule has 0 fully saturated rings. The number of carbonyl (C=O) groups excluding carboxylic acids is 1. The number of nitrogens with one attached hydrogen (secondary N) is 1. The molecule has 0 bridgehead atoms. The van der Waals surface area contributed by atoms with Crippen LogP contribution in [0.1, 0.15) is 21.5 Å². The van der Waals surface area contributed by atoms with E-state index in [1.54, 1.807) is 42.5 Å². The number of fused-ring (bicyclic) bond motifs is 1. The van der Waals surface area contributed by atoms with E-state index in [0.717, 1.165) is 15.6 Å². The van der Waals surface area contributed by atoms with Crippen molar-refractivity contribution >= 4 is 38.7 Å². The van der Waals surface area contributed by atoms with Crippen LogP contribution in [0.2, 0.25) is 0 Å². The molecule has 1 aromatic heterocycles. The van der Waals surface area contributed by atoms with Gasteiger partial charge in [0.15, 0.2) is 0 Å². The van der Waals surface area contributed by atoms with Crippen LogP contribution in [-0.2, 0) is 10.0 Å². The third kappa shape index (κ3) is 4.37. The van der Waals surface area contributed by atoms with E-state index in [1.165, 1.54) is 30.6 Å². The minimum absolute atomic E-state index is 0.212. The minimum atomic E-state index is -4.14. The van der Waals surface area contributed by atoms with Crippen LogP contribution in [0, 0.1) is 17.0 Å². The molecule has 1 heterocycles. The molecule has 0 atom stereocenters. The number of hydrazone groups is 1. The van der Waals surface area contributed by atoms with Crippen molar-refractivity contribution in [2.24, 2.45) is 5.10 Å². The third-order valence-corrected chi connectivity index (χ3v) is 6.62. The quantitative estimate of drug-likeness (QED) is 0.265. The number of hydrogen-bond donors (Lipinski definition) is 1. The molecule has 9 nitrogen and oxygen atoms in total. The van der Waals surface area contributed by atoms with Crippen LogP contribution in [0.25, 0.3) is 10.9 Å². The molecule has 0 aliphatic heterocycles. The van der Waals surface area contributed by atoms with Crippen LogP contribution >= 0.6 is 0 Å². The lowest BCUT2D eigenvalue weighted by Crippen LogP contribution is -2.17. The molecule has 0 spiro atoms. The summed E-state index contributed by atoms with van der Waals surface area (Å²) >= 11 is 0. The van der Waals surface area contributed by atoms with Gasteiger partial charge in [0.25, 0.3) is 21.6 Å². The predicted molar refractivity (Wildman–Crippen MR) is 124 cm³/mol. The molecule has 10 heteroatoms. The zero-order valence-electron chi connectivity index (χ0n) is 17.4. The van der Waals surface area contributed by atoms with Gasteiger partial charge in [0, 0.05) is 34.8 Å². The summed E-state index contributed by atoms with van der Waals surface area (Å²) in [6.07, 6.45) is 2.73. The Morgan fingerprint density at radius 1 is 1.06 bits per heavy atom. The Labute approximate surface area is 189 Å². The number of rotatable bonds is 6. The fourth-order valence-corrected chi connectivity index (χ4v) is 4.73. The number of hydrogen-bond acceptors (Lipinski definition) is 6. The monoisotopic (exact) mass is 462 g/mol. The normalized spacial score (nSPS) is 11.7. The molecule has 1 amide bonds. The highest BCUT2D eigenvalue weighted by molar-refractivity contribution is 7.90. The lowest BCUT2D eigenvalue weighted by molar-refractivity contribution is -0.385. The first kappa shape index (κ1) is 21.9. The molecule has 0 radical (unpaired) electrons. The van der Waals surface area contributed by atoms with Crippen LogP contribution in [-0.4, -0.2) is 29.4 Å². The van der Waals surface area contributed by atoms with Gasteiger partial charge < -0.3 is 0 Å². The van der Waals surface area contributed by atoms with Crippen molar-refractivity contribution in [1.82, 2.24) is 9.40 Å². The van der Waals surface area contributed by atoms with Crippen LogP contribution < -0.4 is 5.43 Å². The van der Waals surface area contributed by atoms with Crippen molar-refractivity contribution in [3.63, 3.8) is 0 Å². The van der Waals surface area contributed by atoms with Gasteiger partial charge in [0.1, 0.15) is 0 Å². The topological polar surface area (TPSA) is 124 Å². The van der Waals surface area contributed by atoms with Crippen molar-refractivity contribution in [2.45, 2.75) is 11.8 Å². The van der Waals surface area contributed by atoms with Crippen molar-refractivity contribution in [2.75, 3.05) is 0 Å². The third-order valence-electron chi connectivity index (χ3n) is 4.95. The number of aryl methyl sites for hydroxylation is 1. The predicted octanol–water partition coefficient (Wildman–Crippen LogP) is 3.86. The number of aromatic nitrogens is 1. The fourth-order valence-electron chi connectivity index (χ4n) is 3.32. The summed E-state index contributed by atoms with van der Waals surface area (Å²) in [5, 5.41) is 15.7. The summed E-state index contributed by atoms with van der Waals surface area (Å²) in [6.45, 7) is 1.82. The van der Waals surface area contributed by atoms with E-state index in [4.69, 9.17) is 0 Å². The van der Waals surface area contributed by atoms with E-state index in [0.29, 0.717) is 22.0 Å². The Bertz CT molecular complexity index is 1510. The SMILES string of the molecule is Cc1ccc2c(/C=N/NC(=O)c3ccccc3)cn(S(=O)(=O)c3cccc([N+](=O)[O-])c3)c2c1. The summed E-state index contributed by atoms with van der Waals surface area (Å²) in [5.41, 5.74) is 4.19. The molecule has 33 heavy (non-hydrogen) atoms. The van der Waals surface area contributed by atoms with E-state index >= 15 is 0 Å². The van der Waals surface area contributed by atoms with Crippen molar-refractivity contribution in [3.8, 4) is 0 Å². The van der Waals surface area contributed by atoms with Gasteiger partial charge >= 0.3 is 0 Å². The fraction of sp³-hybridized carbons (Fsp3) is 0.0435. The van der Waals surface area contributed by atoms with Gasteiger partial charge in [-0.2, -0.15) is 5.10 Å². The maximum Gasteiger partial charge on any atom is 0.271 e. The lowest BCUT2D eigenvalue weighted by Gasteiger charge is -2.08. The van der Waals surface area contributed by atoms with Crippen molar-refractivity contribution in [3.05, 3.63) is 106 Å². The Hall–Kier alpha value is -4.31. The first-order chi connectivity index (χ1) is 15.8. The highest BCUT2D eigenvalue weighted by atomic mass is 32.2. The van der Waals surface area contributed by atoms with Gasteiger partial charge in [-0.1, -0.05) is 36.4 Å². The summed E-state index contributed by atoms with van der Waals surface area (Å²) in [5.74, 6) is -0.407. The van der Waals surface area contributed by atoms with Gasteiger partial charge in [-0.3, -0.25) is 14.9 Å². The highest BCUT2D eigenvalue weighted by Gasteiger charge is 2.23. The van der Waals surface area contributed by atoms with Crippen LogP contribution in [0.15, 0.2) is 89.0 Å². The van der Waals surface area contributed by atoms with Crippen LogP contribution in [0.3, 0.4) is 0 Å². The maximum absolute atomic E-state index is 13.3. The number of nitrogens with zero attached hydrogens (tertiary/aromatic N) is 3. The smallest absolute Gasteiger partial charge is 0.267 e. The molecule has 4 rings (SSSR count). The molecule has 1 N–H and O–H groups in total. The van der Waals surface area contributed by atoms with E-state index in [1.807, 2.05) is 13.0 Å². The largest absolute Gasteiger partial charge is 0.271 e. The number of carbonyl (C=O) groups is 1. The molecule has 4 aromatic rings. The van der Waals surface area contributed by atoms with Crippen LogP contribution in [0.5, 0.6) is 0 Å². The number of benzene rings is 3. The minimum Gasteiger partial charge on any atom is -0.267 e. The van der Waals surface area contributed by atoms with Gasteiger partial charge in [-0.15, -0.1) is 0 Å². The van der Waals surface area contributed by atoms with E-state index in [2.05, 4.69) is 10.5 Å². The molecule has 0 unspecified atom stereocenters. The zero-order chi connectivity index (χ0) is 23.6. The molecule has 0 saturated heterocycles. The van der Waals surface area contributed by atoms with Gasteiger partial charge in [-0.05, 0) is 36.8 Å². The van der Waals surface area contributed by atoms with E-state index in [9.17, 15) is 23.3 Å². The molecular formula is C23H18N4O5S. The van der Waals surface area contributed by atoms with Crippen molar-refractivity contribution < 1.29 is 18.1 Å². The average molecular weight is 462 g/mol. The number of nitro groups is 1. The second kappa shape index (κ2) is 8.67. The van der Waals surface area contributed by atoms with Gasteiger partial charge in [0.2, 0.25) is 0 Å². The number of non-ortho nitro benzene ring substituents is 1. The Kier molecular flexibility index (Phi) is 5.76. The zero-order valence-corrected chi connectivity index (χ0v) is 18.2. The number of amides is 1. The molecule has 166 valence electrons. The average Bonchev–Trinajstić information content (AvgIpc) is 3.18. The maximum atomic E-state index is 13.3. The van der Waals surface area contributed by atoms with E-state index < -0.39 is 20.9 Å². The molecular weight excluding hydrogens is 444 g/mol. The van der Waals surface area contributed by atoms with Crippen LogP contribution in [0.4, 0.5) is 5.69 Å². The summed E-state index contributed by atoms with van der Waals surface area (Å²) in [7, 11) is -4.14. The molecule has 3 aromatic carbocycles. The summed E-state index contributed by atoms with van der Waals surface area (Å²) in [4.78, 5) is 22.4. The van der Waals surface area contributed by atoms with Gasteiger partial charge in [0.05, 0.1) is 21.6 Å². The standard InChI is InChI=1S/C23H18N4O5S/c1-16-10-11-21-18(14-24-25-23(28)17-6-3-2-4-7-17)15-26(22(21)12-16)33(31,32)20-9-5-8-19(13-20)27(29)30/h2-15H,1H3,(H,25,28)/b24-14+. The Morgan fingerprint density at radius 3 is 2.55 bits per heavy atom. The Balaban J connectivity index is 1.74. The molecule has 0 saturated carbocycles. The lowest BCUT2D eigenvalue weighted by atomic mass is 10.1. The second-order valence-corrected chi connectivity index (χ2v) is 9.04. The first-order valence-electron chi connectivity index (χ1n) is 9.77. The molecule has 0 aliphatic carbocycles. The highest BCUT2D eigenvalue weighted by Crippen LogP contribution is 2.27. The van der Waals surface area contributed by atoms with E-state index in [-0.39, 0.29) is 10.6 Å². The number of nitro benzene ring substituents is 1. The summed E-state index contributed by atoms with van der Waals surface area (Å²) < 4.78 is 27.7. The first-order valence-corrected chi connectivity index (χ1v) is 11.2. The second-order valence-electron chi connectivity index (χ2n) is 7.23. The summed E-state index contributed by atoms with van der Waals surface area (Å²) in [6, 6.07) is 18.7. The van der Waals surface area contributed by atoms with Crippen molar-refractivity contribution in [1.29, 1.82) is 0 Å².